The zero-order valence-electron chi connectivity index (χ0n) is 7.84. The monoisotopic (exact) mass is 208 g/mol. The maximum absolute atomic E-state index is 12.1. The molecule has 1 N–H and O–H groups in total. The lowest BCUT2D eigenvalue weighted by Crippen LogP contribution is -2.20. The van der Waals surface area contributed by atoms with Crippen molar-refractivity contribution in [1.29, 1.82) is 0 Å². The van der Waals surface area contributed by atoms with E-state index in [1.165, 1.54) is 17.8 Å². The summed E-state index contributed by atoms with van der Waals surface area (Å²) < 4.78 is 37.8. The summed E-state index contributed by atoms with van der Waals surface area (Å²) >= 11 is 0. The third-order valence-corrected chi connectivity index (χ3v) is 1.91. The fourth-order valence-corrected chi connectivity index (χ4v) is 1.14. The number of aryl methyl sites for hydroxylation is 2. The number of aliphatic hydroxyl groups excluding tert-OH is 1. The first-order valence-corrected chi connectivity index (χ1v) is 4.15. The highest BCUT2D eigenvalue weighted by atomic mass is 19.4. The highest BCUT2D eigenvalue weighted by molar-refractivity contribution is 5.19. The summed E-state index contributed by atoms with van der Waals surface area (Å²) in [5.41, 5.74) is 0.0241. The molecule has 1 rings (SSSR count). The summed E-state index contributed by atoms with van der Waals surface area (Å²) in [6, 6.07) is 0. The molecule has 80 valence electrons. The zero-order valence-corrected chi connectivity index (χ0v) is 7.84. The van der Waals surface area contributed by atoms with Crippen molar-refractivity contribution in [3.8, 4) is 0 Å². The van der Waals surface area contributed by atoms with Gasteiger partial charge < -0.3 is 5.11 Å². The molecule has 0 saturated heterocycles. The minimum atomic E-state index is -4.63. The standard InChI is InChI=1S/C8H11F3N2O/c1-3-13-4-6(5(2)12-13)7(14)8(9,10)11/h4,7,14H,3H2,1-2H3/t7-/m1/s1. The van der Waals surface area contributed by atoms with Gasteiger partial charge in [-0.25, -0.2) is 0 Å². The Kier molecular flexibility index (Phi) is 2.84. The van der Waals surface area contributed by atoms with Crippen molar-refractivity contribution in [2.24, 2.45) is 0 Å². The molecule has 1 atom stereocenters. The van der Waals surface area contributed by atoms with Crippen molar-refractivity contribution in [2.45, 2.75) is 32.7 Å². The Hall–Kier alpha value is -1.04. The molecule has 0 radical (unpaired) electrons. The summed E-state index contributed by atoms with van der Waals surface area (Å²) in [4.78, 5) is 0. The molecule has 3 nitrogen and oxygen atoms in total. The van der Waals surface area contributed by atoms with E-state index in [2.05, 4.69) is 5.10 Å². The molecular weight excluding hydrogens is 197 g/mol. The molecule has 1 aromatic heterocycles. The van der Waals surface area contributed by atoms with E-state index in [-0.39, 0.29) is 11.3 Å². The maximum Gasteiger partial charge on any atom is 0.418 e. The van der Waals surface area contributed by atoms with Crippen LogP contribution in [0.4, 0.5) is 13.2 Å². The zero-order chi connectivity index (χ0) is 10.9. The lowest BCUT2D eigenvalue weighted by Gasteiger charge is -2.13. The molecule has 0 aliphatic heterocycles. The Balaban J connectivity index is 3.01. The van der Waals surface area contributed by atoms with Gasteiger partial charge >= 0.3 is 6.18 Å². The summed E-state index contributed by atoms with van der Waals surface area (Å²) in [5.74, 6) is 0. The van der Waals surface area contributed by atoms with Gasteiger partial charge in [-0.1, -0.05) is 0 Å². The molecule has 1 heterocycles. The summed E-state index contributed by atoms with van der Waals surface area (Å²) in [6.45, 7) is 3.68. The molecule has 0 amide bonds. The third-order valence-electron chi connectivity index (χ3n) is 1.91. The molecule has 0 aliphatic carbocycles. The minimum Gasteiger partial charge on any atom is -0.379 e. The molecule has 0 aliphatic rings. The van der Waals surface area contributed by atoms with E-state index in [1.807, 2.05) is 0 Å². The van der Waals surface area contributed by atoms with E-state index in [0.717, 1.165) is 0 Å². The third kappa shape index (κ3) is 2.06. The van der Waals surface area contributed by atoms with Crippen LogP contribution in [0.2, 0.25) is 0 Å². The predicted octanol–water partition coefficient (Wildman–Crippen LogP) is 1.81. The number of halogens is 3. The predicted molar refractivity (Wildman–Crippen MR) is 43.7 cm³/mol. The second kappa shape index (κ2) is 3.61. The van der Waals surface area contributed by atoms with Crippen molar-refractivity contribution in [1.82, 2.24) is 9.78 Å². The van der Waals surface area contributed by atoms with E-state index in [4.69, 9.17) is 5.11 Å². The van der Waals surface area contributed by atoms with E-state index in [1.54, 1.807) is 6.92 Å². The fraction of sp³-hybridized carbons (Fsp3) is 0.625. The Morgan fingerprint density at radius 3 is 2.50 bits per heavy atom. The van der Waals surface area contributed by atoms with Crippen LogP contribution in [0.15, 0.2) is 6.20 Å². The van der Waals surface area contributed by atoms with E-state index >= 15 is 0 Å². The quantitative estimate of drug-likeness (QED) is 0.804. The van der Waals surface area contributed by atoms with Gasteiger partial charge in [0.25, 0.3) is 0 Å². The van der Waals surface area contributed by atoms with Crippen LogP contribution >= 0.6 is 0 Å². The number of rotatable bonds is 2. The molecule has 14 heavy (non-hydrogen) atoms. The Morgan fingerprint density at radius 2 is 2.14 bits per heavy atom. The number of hydrogen-bond acceptors (Lipinski definition) is 2. The highest BCUT2D eigenvalue weighted by Gasteiger charge is 2.41. The van der Waals surface area contributed by atoms with Crippen molar-refractivity contribution in [2.75, 3.05) is 0 Å². The molecule has 0 unspecified atom stereocenters. The SMILES string of the molecule is CCn1cc([C@@H](O)C(F)(F)F)c(C)n1. The molecule has 0 saturated carbocycles. The van der Waals surface area contributed by atoms with Gasteiger partial charge in [-0.2, -0.15) is 18.3 Å². The average Bonchev–Trinajstić information content (AvgIpc) is 2.43. The second-order valence-electron chi connectivity index (χ2n) is 2.97. The molecule has 6 heteroatoms. The first-order valence-electron chi connectivity index (χ1n) is 4.15. The van der Waals surface area contributed by atoms with Gasteiger partial charge in [-0.15, -0.1) is 0 Å². The number of aliphatic hydroxyl groups is 1. The summed E-state index contributed by atoms with van der Waals surface area (Å²) in [5, 5.41) is 12.8. The van der Waals surface area contributed by atoms with Gasteiger partial charge in [0.15, 0.2) is 6.10 Å². The maximum atomic E-state index is 12.1. The van der Waals surface area contributed by atoms with Gasteiger partial charge in [0.1, 0.15) is 0 Å². The number of alkyl halides is 3. The number of nitrogens with zero attached hydrogens (tertiary/aromatic N) is 2. The minimum absolute atomic E-state index is 0.181. The molecule has 0 spiro atoms. The van der Waals surface area contributed by atoms with Gasteiger partial charge in [-0.3, -0.25) is 4.68 Å². The Morgan fingerprint density at radius 1 is 1.57 bits per heavy atom. The molecule has 1 aromatic rings. The number of aromatic nitrogens is 2. The van der Waals surface area contributed by atoms with Crippen molar-refractivity contribution >= 4 is 0 Å². The highest BCUT2D eigenvalue weighted by Crippen LogP contribution is 2.33. The van der Waals surface area contributed by atoms with Crippen LogP contribution < -0.4 is 0 Å². The van der Waals surface area contributed by atoms with Crippen LogP contribution in [0.25, 0.3) is 0 Å². The molecular formula is C8H11F3N2O. The van der Waals surface area contributed by atoms with Crippen LogP contribution in [0, 0.1) is 6.92 Å². The van der Waals surface area contributed by atoms with Gasteiger partial charge in [0, 0.05) is 18.3 Å². The summed E-state index contributed by atoms with van der Waals surface area (Å²) in [7, 11) is 0. The average molecular weight is 208 g/mol. The van der Waals surface area contributed by atoms with E-state index in [9.17, 15) is 13.2 Å². The van der Waals surface area contributed by atoms with Crippen molar-refractivity contribution in [3.05, 3.63) is 17.5 Å². The van der Waals surface area contributed by atoms with Crippen molar-refractivity contribution in [3.63, 3.8) is 0 Å². The van der Waals surface area contributed by atoms with Crippen LogP contribution in [-0.4, -0.2) is 21.1 Å². The van der Waals surface area contributed by atoms with Crippen LogP contribution in [0.3, 0.4) is 0 Å². The summed E-state index contributed by atoms with van der Waals surface area (Å²) in [6.07, 6.45) is -5.86. The normalized spacial score (nSPS) is 14.4. The Bertz CT molecular complexity index is 319. The molecule has 0 aromatic carbocycles. The Labute approximate surface area is 79.2 Å². The van der Waals surface area contributed by atoms with Gasteiger partial charge in [0.2, 0.25) is 0 Å². The molecule has 0 bridgehead atoms. The van der Waals surface area contributed by atoms with Crippen molar-refractivity contribution < 1.29 is 18.3 Å². The largest absolute Gasteiger partial charge is 0.418 e. The second-order valence-corrected chi connectivity index (χ2v) is 2.97. The van der Waals surface area contributed by atoms with Crippen LogP contribution in [-0.2, 0) is 6.54 Å². The van der Waals surface area contributed by atoms with Gasteiger partial charge in [-0.05, 0) is 13.8 Å². The first-order chi connectivity index (χ1) is 6.36. The van der Waals surface area contributed by atoms with E-state index < -0.39 is 12.3 Å². The lowest BCUT2D eigenvalue weighted by atomic mass is 10.1. The van der Waals surface area contributed by atoms with Crippen LogP contribution in [0.5, 0.6) is 0 Å². The molecule has 0 fully saturated rings. The van der Waals surface area contributed by atoms with Gasteiger partial charge in [0.05, 0.1) is 5.69 Å². The first kappa shape index (κ1) is 11.0. The topological polar surface area (TPSA) is 38.0 Å². The smallest absolute Gasteiger partial charge is 0.379 e. The lowest BCUT2D eigenvalue weighted by molar-refractivity contribution is -0.207. The number of hydrogen-bond donors (Lipinski definition) is 1. The van der Waals surface area contributed by atoms with E-state index in [0.29, 0.717) is 6.54 Å². The van der Waals surface area contributed by atoms with Crippen LogP contribution in [0.1, 0.15) is 24.3 Å². The fourth-order valence-electron chi connectivity index (χ4n) is 1.14.